The summed E-state index contributed by atoms with van der Waals surface area (Å²) in [6, 6.07) is 17.5. The second kappa shape index (κ2) is 18.0. The number of halogens is 3. The van der Waals surface area contributed by atoms with Gasteiger partial charge in [0.1, 0.15) is 11.6 Å². The molecule has 7 heteroatoms. The lowest BCUT2D eigenvalue weighted by atomic mass is 10.0. The molecule has 0 aliphatic rings. The highest BCUT2D eigenvalue weighted by molar-refractivity contribution is 9.10. The minimum atomic E-state index is -0.575. The van der Waals surface area contributed by atoms with E-state index in [4.69, 9.17) is 11.5 Å². The standard InChI is InChI=1S/C16H18F2N2.C7H8BrN.C2H6.CH5N/c1-2-7-20-16-12(9-13(17)10-14(16)18)8-11-5-3-4-6-15(11)19;8-7-4-2-1-3-6(7)5-9;2*1-2/h3-6,9-10,20H,2,7-8,19H2,1H3;1-4H,5,9H2;1-2H3;2H2,1H3. The Morgan fingerprint density at radius 1 is 0.879 bits per heavy atom. The summed E-state index contributed by atoms with van der Waals surface area (Å²) in [5.41, 5.74) is 19.4. The molecule has 0 saturated carbocycles. The van der Waals surface area contributed by atoms with E-state index in [0.29, 0.717) is 36.4 Å². The highest BCUT2D eigenvalue weighted by Crippen LogP contribution is 2.26. The predicted octanol–water partition coefficient (Wildman–Crippen LogP) is 6.47. The monoisotopic (exact) mass is 522 g/mol. The van der Waals surface area contributed by atoms with Crippen molar-refractivity contribution in [1.82, 2.24) is 0 Å². The summed E-state index contributed by atoms with van der Waals surface area (Å²) < 4.78 is 28.4. The number of nitrogen functional groups attached to an aromatic ring is 1. The molecular formula is C26H37BrF2N4. The van der Waals surface area contributed by atoms with Crippen molar-refractivity contribution in [3.8, 4) is 0 Å². The maximum absolute atomic E-state index is 13.9. The summed E-state index contributed by atoms with van der Waals surface area (Å²) in [7, 11) is 1.50. The number of nitrogens with two attached hydrogens (primary N) is 3. The lowest BCUT2D eigenvalue weighted by Crippen LogP contribution is -2.07. The van der Waals surface area contributed by atoms with Crippen LogP contribution in [0.1, 0.15) is 43.9 Å². The highest BCUT2D eigenvalue weighted by Gasteiger charge is 2.12. The first-order valence-electron chi connectivity index (χ1n) is 11.0. The largest absolute Gasteiger partial charge is 0.398 e. The number of rotatable bonds is 6. The van der Waals surface area contributed by atoms with Crippen LogP contribution in [0, 0.1) is 11.6 Å². The van der Waals surface area contributed by atoms with Gasteiger partial charge in [-0.05, 0) is 48.4 Å². The molecule has 0 spiro atoms. The van der Waals surface area contributed by atoms with Gasteiger partial charge in [-0.3, -0.25) is 0 Å². The van der Waals surface area contributed by atoms with Crippen molar-refractivity contribution < 1.29 is 8.78 Å². The molecule has 0 heterocycles. The Morgan fingerprint density at radius 3 is 1.97 bits per heavy atom. The van der Waals surface area contributed by atoms with Crippen molar-refractivity contribution in [3.63, 3.8) is 0 Å². The molecule has 33 heavy (non-hydrogen) atoms. The SMILES string of the molecule is CC.CCCNc1c(F)cc(F)cc1Cc1ccccc1N.CN.NCc1ccccc1Br. The molecule has 7 N–H and O–H groups in total. The van der Waals surface area contributed by atoms with E-state index in [2.05, 4.69) is 27.0 Å². The Labute approximate surface area is 205 Å². The highest BCUT2D eigenvalue weighted by atomic mass is 79.9. The summed E-state index contributed by atoms with van der Waals surface area (Å²) in [6.07, 6.45) is 1.26. The van der Waals surface area contributed by atoms with Gasteiger partial charge < -0.3 is 22.5 Å². The van der Waals surface area contributed by atoms with E-state index in [-0.39, 0.29) is 0 Å². The van der Waals surface area contributed by atoms with Gasteiger partial charge in [-0.2, -0.15) is 0 Å². The third-order valence-electron chi connectivity index (χ3n) is 4.30. The van der Waals surface area contributed by atoms with Crippen LogP contribution in [-0.2, 0) is 13.0 Å². The maximum Gasteiger partial charge on any atom is 0.149 e. The van der Waals surface area contributed by atoms with Crippen LogP contribution in [-0.4, -0.2) is 13.6 Å². The number of nitrogens with one attached hydrogen (secondary N) is 1. The Kier molecular flexibility index (Phi) is 16.7. The molecule has 182 valence electrons. The van der Waals surface area contributed by atoms with Gasteiger partial charge in [-0.25, -0.2) is 8.78 Å². The van der Waals surface area contributed by atoms with Gasteiger partial charge in [0, 0.05) is 35.7 Å². The van der Waals surface area contributed by atoms with Crippen LogP contribution in [0.2, 0.25) is 0 Å². The van der Waals surface area contributed by atoms with Gasteiger partial charge in [0.05, 0.1) is 5.69 Å². The number of benzene rings is 3. The predicted molar refractivity (Wildman–Crippen MR) is 142 cm³/mol. The summed E-state index contributed by atoms with van der Waals surface area (Å²) in [6.45, 7) is 7.23. The molecule has 3 rings (SSSR count). The zero-order valence-corrected chi connectivity index (χ0v) is 21.6. The van der Waals surface area contributed by atoms with Crippen LogP contribution >= 0.6 is 15.9 Å². The molecule has 0 amide bonds. The molecule has 0 aromatic heterocycles. The van der Waals surface area contributed by atoms with Gasteiger partial charge in [-0.1, -0.05) is 73.1 Å². The minimum absolute atomic E-state index is 0.358. The van der Waals surface area contributed by atoms with Gasteiger partial charge in [0.2, 0.25) is 0 Å². The van der Waals surface area contributed by atoms with Crippen molar-refractivity contribution in [2.45, 2.75) is 40.2 Å². The number of para-hydroxylation sites is 1. The van der Waals surface area contributed by atoms with Gasteiger partial charge >= 0.3 is 0 Å². The number of hydrogen-bond acceptors (Lipinski definition) is 4. The molecular weight excluding hydrogens is 486 g/mol. The minimum Gasteiger partial charge on any atom is -0.398 e. The first kappa shape index (κ1) is 30.5. The fourth-order valence-corrected chi connectivity index (χ4v) is 3.23. The first-order chi connectivity index (χ1) is 16.0. The van der Waals surface area contributed by atoms with Crippen LogP contribution in [0.5, 0.6) is 0 Å². The Morgan fingerprint density at radius 2 is 1.45 bits per heavy atom. The molecule has 4 nitrogen and oxygen atoms in total. The summed E-state index contributed by atoms with van der Waals surface area (Å²) in [5, 5.41) is 3.02. The Balaban J connectivity index is 0.000000658. The quantitative estimate of drug-likeness (QED) is 0.279. The maximum atomic E-state index is 13.9. The Bertz CT molecular complexity index is 936. The topological polar surface area (TPSA) is 90.1 Å². The van der Waals surface area contributed by atoms with Gasteiger partial charge in [0.15, 0.2) is 0 Å². The number of hydrogen-bond donors (Lipinski definition) is 4. The van der Waals surface area contributed by atoms with E-state index in [9.17, 15) is 8.78 Å². The van der Waals surface area contributed by atoms with Crippen molar-refractivity contribution in [1.29, 1.82) is 0 Å². The zero-order chi connectivity index (χ0) is 25.2. The van der Waals surface area contributed by atoms with Crippen LogP contribution in [0.15, 0.2) is 65.1 Å². The summed E-state index contributed by atoms with van der Waals surface area (Å²) >= 11 is 3.38. The molecule has 0 aliphatic heterocycles. The first-order valence-corrected chi connectivity index (χ1v) is 11.8. The molecule has 0 fully saturated rings. The van der Waals surface area contributed by atoms with E-state index in [0.717, 1.165) is 28.1 Å². The van der Waals surface area contributed by atoms with Crippen LogP contribution in [0.3, 0.4) is 0 Å². The van der Waals surface area contributed by atoms with E-state index < -0.39 is 11.6 Å². The zero-order valence-electron chi connectivity index (χ0n) is 20.0. The van der Waals surface area contributed by atoms with Crippen molar-refractivity contribution in [2.24, 2.45) is 11.5 Å². The molecule has 0 aliphatic carbocycles. The molecule has 3 aromatic rings. The van der Waals surface area contributed by atoms with E-state index in [1.54, 1.807) is 6.07 Å². The summed E-state index contributed by atoms with van der Waals surface area (Å²) in [5.74, 6) is -1.14. The van der Waals surface area contributed by atoms with Crippen molar-refractivity contribution in [3.05, 3.63) is 93.5 Å². The molecule has 0 saturated heterocycles. The van der Waals surface area contributed by atoms with Crippen LogP contribution in [0.4, 0.5) is 20.2 Å². The normalized spacial score (nSPS) is 9.36. The lowest BCUT2D eigenvalue weighted by Gasteiger charge is -2.14. The Hall–Kier alpha value is -2.48. The average molecular weight is 524 g/mol. The molecule has 0 atom stereocenters. The van der Waals surface area contributed by atoms with Crippen LogP contribution < -0.4 is 22.5 Å². The van der Waals surface area contributed by atoms with E-state index in [1.807, 2.05) is 63.2 Å². The fraction of sp³-hybridized carbons (Fsp3) is 0.308. The number of anilines is 2. The summed E-state index contributed by atoms with van der Waals surface area (Å²) in [4.78, 5) is 0. The van der Waals surface area contributed by atoms with E-state index in [1.165, 1.54) is 13.1 Å². The fourth-order valence-electron chi connectivity index (χ4n) is 2.78. The van der Waals surface area contributed by atoms with E-state index >= 15 is 0 Å². The lowest BCUT2D eigenvalue weighted by molar-refractivity contribution is 0.582. The van der Waals surface area contributed by atoms with Crippen molar-refractivity contribution in [2.75, 3.05) is 24.6 Å². The second-order valence-electron chi connectivity index (χ2n) is 6.52. The smallest absolute Gasteiger partial charge is 0.149 e. The average Bonchev–Trinajstić information content (AvgIpc) is 2.83. The van der Waals surface area contributed by atoms with Crippen molar-refractivity contribution >= 4 is 27.3 Å². The van der Waals surface area contributed by atoms with Gasteiger partial charge in [0.25, 0.3) is 0 Å². The molecule has 0 bridgehead atoms. The second-order valence-corrected chi connectivity index (χ2v) is 7.37. The molecule has 0 unspecified atom stereocenters. The molecule has 3 aromatic carbocycles. The molecule has 0 radical (unpaired) electrons. The van der Waals surface area contributed by atoms with Crippen LogP contribution in [0.25, 0.3) is 0 Å². The third-order valence-corrected chi connectivity index (χ3v) is 5.08. The third kappa shape index (κ3) is 10.8. The van der Waals surface area contributed by atoms with Gasteiger partial charge in [-0.15, -0.1) is 0 Å².